The first-order chi connectivity index (χ1) is 9.00. The van der Waals surface area contributed by atoms with Crippen LogP contribution < -0.4 is 10.5 Å². The Labute approximate surface area is 115 Å². The Balaban J connectivity index is 1.94. The van der Waals surface area contributed by atoms with E-state index in [2.05, 4.69) is 13.8 Å². The summed E-state index contributed by atoms with van der Waals surface area (Å²) in [7, 11) is 0. The van der Waals surface area contributed by atoms with Gasteiger partial charge in [0.05, 0.1) is 12.7 Å². The smallest absolute Gasteiger partial charge is 0.119 e. The van der Waals surface area contributed by atoms with Crippen molar-refractivity contribution >= 4 is 0 Å². The van der Waals surface area contributed by atoms with Gasteiger partial charge in [-0.15, -0.1) is 0 Å². The molecule has 0 aromatic heterocycles. The van der Waals surface area contributed by atoms with Gasteiger partial charge in [0, 0.05) is 12.0 Å². The van der Waals surface area contributed by atoms with Crippen LogP contribution >= 0.6 is 0 Å². The van der Waals surface area contributed by atoms with Crippen LogP contribution in [-0.2, 0) is 0 Å². The van der Waals surface area contributed by atoms with Crippen LogP contribution in [0.5, 0.6) is 5.75 Å². The minimum absolute atomic E-state index is 0.0356. The largest absolute Gasteiger partial charge is 0.494 e. The Bertz CT molecular complexity index is 404. The van der Waals surface area contributed by atoms with Gasteiger partial charge >= 0.3 is 0 Å². The molecular formula is C16H25NO2. The minimum atomic E-state index is -0.343. The van der Waals surface area contributed by atoms with Gasteiger partial charge in [0.2, 0.25) is 0 Å². The quantitative estimate of drug-likeness (QED) is 0.858. The van der Waals surface area contributed by atoms with Crippen molar-refractivity contribution in [2.24, 2.45) is 16.6 Å². The molecule has 1 aliphatic carbocycles. The van der Waals surface area contributed by atoms with E-state index in [-0.39, 0.29) is 16.9 Å². The molecule has 0 aliphatic heterocycles. The Morgan fingerprint density at radius 3 is 2.47 bits per heavy atom. The van der Waals surface area contributed by atoms with Crippen LogP contribution in [0.4, 0.5) is 0 Å². The number of hydrogen-bond donors (Lipinski definition) is 2. The molecule has 3 heteroatoms. The summed E-state index contributed by atoms with van der Waals surface area (Å²) in [5.74, 6) is 0.876. The highest BCUT2D eigenvalue weighted by Gasteiger charge is 2.50. The molecule has 106 valence electrons. The first-order valence-corrected chi connectivity index (χ1v) is 7.06. The molecule has 2 rings (SSSR count). The maximum absolute atomic E-state index is 10.5. The minimum Gasteiger partial charge on any atom is -0.494 e. The summed E-state index contributed by atoms with van der Waals surface area (Å²) in [6.07, 6.45) is 2.47. The third-order valence-corrected chi connectivity index (χ3v) is 4.61. The van der Waals surface area contributed by atoms with E-state index in [1.807, 2.05) is 30.3 Å². The van der Waals surface area contributed by atoms with Gasteiger partial charge in [0.15, 0.2) is 0 Å². The van der Waals surface area contributed by atoms with Gasteiger partial charge in [-0.3, -0.25) is 0 Å². The molecule has 0 bridgehead atoms. The molecule has 1 fully saturated rings. The monoisotopic (exact) mass is 263 g/mol. The lowest BCUT2D eigenvalue weighted by molar-refractivity contribution is -0.0147. The number of benzene rings is 1. The molecule has 0 heterocycles. The highest BCUT2D eigenvalue weighted by Crippen LogP contribution is 2.50. The van der Waals surface area contributed by atoms with Gasteiger partial charge in [0.25, 0.3) is 0 Å². The molecule has 1 aromatic rings. The lowest BCUT2D eigenvalue weighted by atomic mass is 9.76. The lowest BCUT2D eigenvalue weighted by Gasteiger charge is -2.35. The second-order valence-electron chi connectivity index (χ2n) is 6.37. The molecule has 0 saturated heterocycles. The number of nitrogens with two attached hydrogens (primary N) is 1. The first kappa shape index (κ1) is 14.4. The van der Waals surface area contributed by atoms with Gasteiger partial charge in [-0.1, -0.05) is 32.0 Å². The van der Waals surface area contributed by atoms with Crippen molar-refractivity contribution in [3.8, 4) is 5.75 Å². The van der Waals surface area contributed by atoms with Crippen molar-refractivity contribution in [2.75, 3.05) is 13.2 Å². The maximum atomic E-state index is 10.5. The molecule has 1 saturated carbocycles. The number of hydrogen-bond acceptors (Lipinski definition) is 3. The SMILES string of the molecule is CC1(C)CCC(CN)(CCOc2ccccc2)C1O. The fourth-order valence-electron chi connectivity index (χ4n) is 3.14. The van der Waals surface area contributed by atoms with E-state index in [1.54, 1.807) is 0 Å². The molecule has 0 spiro atoms. The molecule has 19 heavy (non-hydrogen) atoms. The van der Waals surface area contributed by atoms with Gasteiger partial charge in [-0.05, 0) is 36.8 Å². The fourth-order valence-corrected chi connectivity index (χ4v) is 3.14. The van der Waals surface area contributed by atoms with Crippen molar-refractivity contribution in [3.05, 3.63) is 30.3 Å². The van der Waals surface area contributed by atoms with Gasteiger partial charge in [0.1, 0.15) is 5.75 Å². The van der Waals surface area contributed by atoms with Crippen LogP contribution in [0.25, 0.3) is 0 Å². The van der Waals surface area contributed by atoms with Crippen LogP contribution in [0.2, 0.25) is 0 Å². The predicted octanol–water partition coefficient (Wildman–Crippen LogP) is 2.58. The van der Waals surface area contributed by atoms with E-state index in [0.29, 0.717) is 13.2 Å². The highest BCUT2D eigenvalue weighted by molar-refractivity contribution is 5.20. The Kier molecular flexibility index (Phi) is 4.16. The van der Waals surface area contributed by atoms with E-state index in [0.717, 1.165) is 25.0 Å². The van der Waals surface area contributed by atoms with Gasteiger partial charge in [-0.2, -0.15) is 0 Å². The summed E-state index contributed by atoms with van der Waals surface area (Å²) >= 11 is 0. The Hall–Kier alpha value is -1.06. The van der Waals surface area contributed by atoms with Crippen molar-refractivity contribution in [1.82, 2.24) is 0 Å². The average molecular weight is 263 g/mol. The van der Waals surface area contributed by atoms with Crippen LogP contribution in [0, 0.1) is 10.8 Å². The van der Waals surface area contributed by atoms with E-state index < -0.39 is 0 Å². The van der Waals surface area contributed by atoms with Crippen molar-refractivity contribution in [2.45, 2.75) is 39.2 Å². The molecule has 1 aromatic carbocycles. The molecule has 0 amide bonds. The van der Waals surface area contributed by atoms with Crippen LogP contribution in [0.1, 0.15) is 33.1 Å². The number of aliphatic hydroxyl groups is 1. The average Bonchev–Trinajstić information content (AvgIpc) is 2.65. The summed E-state index contributed by atoms with van der Waals surface area (Å²) < 4.78 is 5.74. The Morgan fingerprint density at radius 2 is 1.95 bits per heavy atom. The van der Waals surface area contributed by atoms with Crippen LogP contribution in [0.3, 0.4) is 0 Å². The lowest BCUT2D eigenvalue weighted by Crippen LogP contribution is -2.43. The number of rotatable bonds is 5. The number of para-hydroxylation sites is 1. The van der Waals surface area contributed by atoms with Crippen LogP contribution in [0.15, 0.2) is 30.3 Å². The van der Waals surface area contributed by atoms with Gasteiger partial charge in [-0.25, -0.2) is 0 Å². The molecule has 2 atom stereocenters. The first-order valence-electron chi connectivity index (χ1n) is 7.06. The van der Waals surface area contributed by atoms with Crippen molar-refractivity contribution < 1.29 is 9.84 Å². The zero-order valence-electron chi connectivity index (χ0n) is 11.9. The van der Waals surface area contributed by atoms with E-state index in [1.165, 1.54) is 0 Å². The van der Waals surface area contributed by atoms with E-state index >= 15 is 0 Å². The van der Waals surface area contributed by atoms with E-state index in [4.69, 9.17) is 10.5 Å². The predicted molar refractivity (Wildman–Crippen MR) is 77.1 cm³/mol. The molecular weight excluding hydrogens is 238 g/mol. The maximum Gasteiger partial charge on any atom is 0.119 e. The summed E-state index contributed by atoms with van der Waals surface area (Å²) in [6, 6.07) is 9.79. The van der Waals surface area contributed by atoms with E-state index in [9.17, 15) is 5.11 Å². The fraction of sp³-hybridized carbons (Fsp3) is 0.625. The van der Waals surface area contributed by atoms with Gasteiger partial charge < -0.3 is 15.6 Å². The van der Waals surface area contributed by atoms with Crippen LogP contribution in [-0.4, -0.2) is 24.4 Å². The number of aliphatic hydroxyl groups excluding tert-OH is 1. The second-order valence-corrected chi connectivity index (χ2v) is 6.37. The zero-order valence-corrected chi connectivity index (χ0v) is 11.9. The zero-order chi connectivity index (χ0) is 13.9. The summed E-state index contributed by atoms with van der Waals surface area (Å²) in [5, 5.41) is 10.5. The van der Waals surface area contributed by atoms with Crippen molar-refractivity contribution in [1.29, 1.82) is 0 Å². The molecule has 3 N–H and O–H groups in total. The summed E-state index contributed by atoms with van der Waals surface area (Å²) in [4.78, 5) is 0. The Morgan fingerprint density at radius 1 is 1.26 bits per heavy atom. The third-order valence-electron chi connectivity index (χ3n) is 4.61. The second kappa shape index (κ2) is 5.51. The summed E-state index contributed by atoms with van der Waals surface area (Å²) in [5.41, 5.74) is 5.73. The molecule has 2 unspecified atom stereocenters. The third kappa shape index (κ3) is 2.93. The molecule has 3 nitrogen and oxygen atoms in total. The molecule has 1 aliphatic rings. The summed E-state index contributed by atoms with van der Waals surface area (Å²) in [6.45, 7) is 5.37. The molecule has 0 radical (unpaired) electrons. The topological polar surface area (TPSA) is 55.5 Å². The number of ether oxygens (including phenoxy) is 1. The standard InChI is InChI=1S/C16H25NO2/c1-15(2)8-9-16(12-17,14(15)18)10-11-19-13-6-4-3-5-7-13/h3-7,14,18H,8-12,17H2,1-2H3. The normalized spacial score (nSPS) is 29.4. The highest BCUT2D eigenvalue weighted by atomic mass is 16.5. The van der Waals surface area contributed by atoms with Crippen molar-refractivity contribution in [3.63, 3.8) is 0 Å².